The Morgan fingerprint density at radius 1 is 1.17 bits per heavy atom. The second kappa shape index (κ2) is 9.04. The van der Waals surface area contributed by atoms with Crippen molar-refractivity contribution in [3.8, 4) is 11.8 Å². The number of ether oxygens (including phenoxy) is 1. The molecule has 3 amide bonds. The summed E-state index contributed by atoms with van der Waals surface area (Å²) in [5, 5.41) is 16.2. The van der Waals surface area contributed by atoms with E-state index < -0.39 is 5.60 Å². The maximum absolute atomic E-state index is 13.7. The first kappa shape index (κ1) is 22.9. The van der Waals surface area contributed by atoms with Crippen LogP contribution in [0.4, 0.5) is 9.80 Å². The van der Waals surface area contributed by atoms with Gasteiger partial charge in [0.15, 0.2) is 5.78 Å². The van der Waals surface area contributed by atoms with Gasteiger partial charge in [0.25, 0.3) is 5.91 Å². The van der Waals surface area contributed by atoms with Gasteiger partial charge in [0, 0.05) is 42.6 Å². The number of ketones is 1. The fourth-order valence-electron chi connectivity index (χ4n) is 4.86. The van der Waals surface area contributed by atoms with Crippen LogP contribution in [0.25, 0.3) is 10.1 Å². The molecule has 1 fully saturated rings. The Morgan fingerprint density at radius 2 is 1.94 bits per heavy atom. The second-order valence-corrected chi connectivity index (χ2v) is 9.81. The van der Waals surface area contributed by atoms with Crippen molar-refractivity contribution in [1.82, 2.24) is 10.2 Å². The molecule has 3 heterocycles. The molecule has 8 nitrogen and oxygen atoms in total. The SMILES string of the molecule is CCNC(=O)Nc1sc2ccccc2c1C(=O)N1CCC2(CC1)CC(=O)c1c(C#N)cccc1O2. The van der Waals surface area contributed by atoms with E-state index in [1.165, 1.54) is 11.3 Å². The van der Waals surface area contributed by atoms with Crippen LogP contribution < -0.4 is 15.4 Å². The molecule has 2 aliphatic rings. The summed E-state index contributed by atoms with van der Waals surface area (Å²) in [6, 6.07) is 14.4. The molecule has 35 heavy (non-hydrogen) atoms. The first-order chi connectivity index (χ1) is 16.9. The minimum Gasteiger partial charge on any atom is -0.486 e. The third-order valence-electron chi connectivity index (χ3n) is 6.57. The largest absolute Gasteiger partial charge is 0.486 e. The maximum atomic E-state index is 13.7. The Bertz CT molecular complexity index is 1380. The van der Waals surface area contributed by atoms with Crippen LogP contribution in [0.15, 0.2) is 42.5 Å². The van der Waals surface area contributed by atoms with Gasteiger partial charge in [-0.25, -0.2) is 4.79 Å². The molecule has 0 radical (unpaired) electrons. The van der Waals surface area contributed by atoms with E-state index in [1.54, 1.807) is 23.1 Å². The van der Waals surface area contributed by atoms with Gasteiger partial charge in [0.2, 0.25) is 0 Å². The summed E-state index contributed by atoms with van der Waals surface area (Å²) in [6.45, 7) is 3.15. The van der Waals surface area contributed by atoms with Gasteiger partial charge in [-0.05, 0) is 25.1 Å². The average molecular weight is 489 g/mol. The number of rotatable bonds is 3. The Balaban J connectivity index is 1.38. The lowest BCUT2D eigenvalue weighted by atomic mass is 9.81. The minimum absolute atomic E-state index is 0.0968. The van der Waals surface area contributed by atoms with E-state index in [4.69, 9.17) is 4.74 Å². The number of nitriles is 1. The molecule has 178 valence electrons. The van der Waals surface area contributed by atoms with E-state index in [0.717, 1.165) is 10.1 Å². The molecule has 0 unspecified atom stereocenters. The first-order valence-corrected chi connectivity index (χ1v) is 12.4. The predicted molar refractivity (Wildman–Crippen MR) is 133 cm³/mol. The zero-order valence-electron chi connectivity index (χ0n) is 19.2. The van der Waals surface area contributed by atoms with Gasteiger partial charge >= 0.3 is 6.03 Å². The maximum Gasteiger partial charge on any atom is 0.319 e. The highest BCUT2D eigenvalue weighted by Gasteiger charge is 2.44. The van der Waals surface area contributed by atoms with Crippen LogP contribution in [0.3, 0.4) is 0 Å². The number of Topliss-reactive ketones (excluding diaryl/α,β-unsaturated/α-hetero) is 1. The highest BCUT2D eigenvalue weighted by Crippen LogP contribution is 2.42. The van der Waals surface area contributed by atoms with Crippen molar-refractivity contribution < 1.29 is 19.1 Å². The lowest BCUT2D eigenvalue weighted by Crippen LogP contribution is -2.52. The van der Waals surface area contributed by atoms with Crippen LogP contribution in [0, 0.1) is 11.3 Å². The van der Waals surface area contributed by atoms with Gasteiger partial charge in [-0.1, -0.05) is 24.3 Å². The van der Waals surface area contributed by atoms with E-state index in [0.29, 0.717) is 59.9 Å². The van der Waals surface area contributed by atoms with Crippen molar-refractivity contribution in [3.05, 3.63) is 59.2 Å². The Kier molecular flexibility index (Phi) is 5.91. The summed E-state index contributed by atoms with van der Waals surface area (Å²) < 4.78 is 7.21. The van der Waals surface area contributed by atoms with E-state index in [9.17, 15) is 19.6 Å². The van der Waals surface area contributed by atoms with Crippen LogP contribution in [-0.4, -0.2) is 47.9 Å². The number of fused-ring (bicyclic) bond motifs is 2. The number of anilines is 1. The smallest absolute Gasteiger partial charge is 0.319 e. The topological polar surface area (TPSA) is 112 Å². The molecule has 2 aromatic carbocycles. The lowest BCUT2D eigenvalue weighted by Gasteiger charge is -2.44. The van der Waals surface area contributed by atoms with Crippen molar-refractivity contribution in [2.45, 2.75) is 31.8 Å². The number of nitrogens with zero attached hydrogens (tertiary/aromatic N) is 2. The summed E-state index contributed by atoms with van der Waals surface area (Å²) in [5.74, 6) is 0.191. The van der Waals surface area contributed by atoms with Crippen LogP contribution in [0.1, 0.15) is 52.5 Å². The van der Waals surface area contributed by atoms with Crippen LogP contribution in [0.5, 0.6) is 5.75 Å². The van der Waals surface area contributed by atoms with Crippen LogP contribution in [-0.2, 0) is 0 Å². The number of piperidine rings is 1. The molecule has 0 aliphatic carbocycles. The number of thiophene rings is 1. The van der Waals surface area contributed by atoms with Crippen molar-refractivity contribution in [2.24, 2.45) is 0 Å². The predicted octanol–water partition coefficient (Wildman–Crippen LogP) is 4.55. The van der Waals surface area contributed by atoms with Crippen molar-refractivity contribution >= 4 is 44.1 Å². The zero-order chi connectivity index (χ0) is 24.6. The van der Waals surface area contributed by atoms with Gasteiger partial charge in [0.05, 0.1) is 23.1 Å². The fourth-order valence-corrected chi connectivity index (χ4v) is 5.94. The molecule has 2 aliphatic heterocycles. The highest BCUT2D eigenvalue weighted by atomic mass is 32.1. The van der Waals surface area contributed by atoms with E-state index in [1.807, 2.05) is 31.2 Å². The third-order valence-corrected chi connectivity index (χ3v) is 7.66. The number of urea groups is 1. The van der Waals surface area contributed by atoms with Crippen molar-refractivity contribution in [1.29, 1.82) is 5.26 Å². The van der Waals surface area contributed by atoms with Gasteiger partial charge in [-0.15, -0.1) is 11.3 Å². The molecule has 2 N–H and O–H groups in total. The Hall–Kier alpha value is -3.90. The second-order valence-electron chi connectivity index (χ2n) is 8.75. The first-order valence-electron chi connectivity index (χ1n) is 11.6. The van der Waals surface area contributed by atoms with Crippen LogP contribution >= 0.6 is 11.3 Å². The molecule has 0 bridgehead atoms. The average Bonchev–Trinajstić information content (AvgIpc) is 3.21. The Morgan fingerprint density at radius 3 is 2.69 bits per heavy atom. The minimum atomic E-state index is -0.687. The number of hydrogen-bond acceptors (Lipinski definition) is 6. The third kappa shape index (κ3) is 4.10. The number of benzene rings is 2. The molecule has 0 saturated carbocycles. The van der Waals surface area contributed by atoms with Crippen LogP contribution in [0.2, 0.25) is 0 Å². The number of hydrogen-bond donors (Lipinski definition) is 2. The molecular weight excluding hydrogens is 464 g/mol. The molecule has 3 aromatic rings. The number of nitrogens with one attached hydrogen (secondary N) is 2. The molecule has 1 aromatic heterocycles. The van der Waals surface area contributed by atoms with E-state index in [2.05, 4.69) is 16.7 Å². The summed E-state index contributed by atoms with van der Waals surface area (Å²) >= 11 is 1.37. The lowest BCUT2D eigenvalue weighted by molar-refractivity contribution is -0.00565. The quantitative estimate of drug-likeness (QED) is 0.562. The van der Waals surface area contributed by atoms with Gasteiger partial charge < -0.3 is 15.0 Å². The highest BCUT2D eigenvalue weighted by molar-refractivity contribution is 7.23. The molecule has 9 heteroatoms. The van der Waals surface area contributed by atoms with Crippen molar-refractivity contribution in [2.75, 3.05) is 25.0 Å². The molecule has 1 spiro atoms. The summed E-state index contributed by atoms with van der Waals surface area (Å²) in [4.78, 5) is 40.6. The summed E-state index contributed by atoms with van der Waals surface area (Å²) in [6.07, 6.45) is 1.19. The standard InChI is InChI=1S/C26H24N4O4S/c1-2-28-25(33)29-23-22(17-7-3-4-9-20(17)35-23)24(32)30-12-10-26(11-13-30)14-18(31)21-16(15-27)6-5-8-19(21)34-26/h3-9H,2,10-14H2,1H3,(H2,28,29,33). The van der Waals surface area contributed by atoms with Gasteiger partial charge in [-0.3, -0.25) is 14.9 Å². The normalized spacial score (nSPS) is 16.3. The summed E-state index contributed by atoms with van der Waals surface area (Å²) in [7, 11) is 0. The monoisotopic (exact) mass is 488 g/mol. The Labute approximate surface area is 206 Å². The number of carbonyl (C=O) groups excluding carboxylic acids is 3. The molecule has 0 atom stereocenters. The van der Waals surface area contributed by atoms with E-state index in [-0.39, 0.29) is 24.1 Å². The zero-order valence-corrected chi connectivity index (χ0v) is 20.0. The summed E-state index contributed by atoms with van der Waals surface area (Å²) in [5.41, 5.74) is 0.474. The fraction of sp³-hybridized carbons (Fsp3) is 0.308. The molecule has 1 saturated heterocycles. The van der Waals surface area contributed by atoms with Gasteiger partial charge in [0.1, 0.15) is 22.4 Å². The van der Waals surface area contributed by atoms with Gasteiger partial charge in [-0.2, -0.15) is 5.26 Å². The number of carbonyl (C=O) groups is 3. The number of likely N-dealkylation sites (tertiary alicyclic amines) is 1. The van der Waals surface area contributed by atoms with Crippen molar-refractivity contribution in [3.63, 3.8) is 0 Å². The van der Waals surface area contributed by atoms with E-state index >= 15 is 0 Å². The number of amides is 3. The molecule has 5 rings (SSSR count). The molecular formula is C26H24N4O4S.